The van der Waals surface area contributed by atoms with Crippen molar-refractivity contribution >= 4 is 11.8 Å². The predicted molar refractivity (Wildman–Crippen MR) is 98.5 cm³/mol. The Bertz CT molecular complexity index is 688. The molecule has 120 valence electrons. The zero-order chi connectivity index (χ0) is 15.6. The van der Waals surface area contributed by atoms with Crippen LogP contribution in [0.25, 0.3) is 0 Å². The van der Waals surface area contributed by atoms with Crippen LogP contribution in [0.1, 0.15) is 48.3 Å². The van der Waals surface area contributed by atoms with Gasteiger partial charge in [0.1, 0.15) is 0 Å². The van der Waals surface area contributed by atoms with E-state index in [1.807, 2.05) is 11.8 Å². The standard InChI is InChI=1S/C21H25NS/c1-16-10-11-21-19(15-16)17(8-6-14-22-12-4-5-13-22)18-7-2-3-9-20(18)23-21/h2-3,7,9-11,15,17H,4-6,8,12-14H2,1H3. The van der Waals surface area contributed by atoms with Crippen LogP contribution in [-0.4, -0.2) is 24.5 Å². The molecule has 2 heteroatoms. The van der Waals surface area contributed by atoms with E-state index in [-0.39, 0.29) is 0 Å². The Morgan fingerprint density at radius 2 is 1.78 bits per heavy atom. The lowest BCUT2D eigenvalue weighted by atomic mass is 9.86. The van der Waals surface area contributed by atoms with E-state index >= 15 is 0 Å². The SMILES string of the molecule is Cc1ccc2c(c1)C(CCCN1CCCC1)c1ccccc1S2. The highest BCUT2D eigenvalue weighted by atomic mass is 32.2. The fraction of sp³-hybridized carbons (Fsp3) is 0.429. The summed E-state index contributed by atoms with van der Waals surface area (Å²) in [5.41, 5.74) is 4.47. The molecule has 1 saturated heterocycles. The van der Waals surface area contributed by atoms with Crippen molar-refractivity contribution < 1.29 is 0 Å². The van der Waals surface area contributed by atoms with Crippen molar-refractivity contribution in [3.05, 3.63) is 59.2 Å². The number of hydrogen-bond donors (Lipinski definition) is 0. The van der Waals surface area contributed by atoms with Crippen molar-refractivity contribution in [1.82, 2.24) is 4.90 Å². The number of aryl methyl sites for hydroxylation is 1. The summed E-state index contributed by atoms with van der Waals surface area (Å²) in [5.74, 6) is 0.574. The molecule has 0 amide bonds. The molecule has 0 radical (unpaired) electrons. The van der Waals surface area contributed by atoms with Gasteiger partial charge < -0.3 is 4.90 Å². The molecule has 1 unspecified atom stereocenters. The predicted octanol–water partition coefficient (Wildman–Crippen LogP) is 5.47. The zero-order valence-electron chi connectivity index (χ0n) is 13.9. The van der Waals surface area contributed by atoms with Gasteiger partial charge in [-0.05, 0) is 75.5 Å². The molecule has 2 aromatic rings. The molecule has 0 spiro atoms. The van der Waals surface area contributed by atoms with Crippen molar-refractivity contribution in [1.29, 1.82) is 0 Å². The number of likely N-dealkylation sites (tertiary alicyclic amines) is 1. The van der Waals surface area contributed by atoms with Crippen LogP contribution in [0.15, 0.2) is 52.3 Å². The Kier molecular flexibility index (Phi) is 4.46. The lowest BCUT2D eigenvalue weighted by Crippen LogP contribution is -2.21. The summed E-state index contributed by atoms with van der Waals surface area (Å²) in [6, 6.07) is 16.0. The minimum absolute atomic E-state index is 0.574. The van der Waals surface area contributed by atoms with Crippen molar-refractivity contribution in [3.63, 3.8) is 0 Å². The maximum absolute atomic E-state index is 2.64. The molecule has 0 bridgehead atoms. The van der Waals surface area contributed by atoms with Crippen LogP contribution in [0, 0.1) is 6.92 Å². The number of rotatable bonds is 4. The van der Waals surface area contributed by atoms with Crippen molar-refractivity contribution in [2.24, 2.45) is 0 Å². The highest BCUT2D eigenvalue weighted by Gasteiger charge is 2.26. The van der Waals surface area contributed by atoms with Gasteiger partial charge in [0.15, 0.2) is 0 Å². The second-order valence-corrected chi connectivity index (χ2v) is 8.01. The first kappa shape index (κ1) is 15.3. The molecule has 23 heavy (non-hydrogen) atoms. The first-order chi connectivity index (χ1) is 11.3. The third-order valence-electron chi connectivity index (χ3n) is 5.22. The van der Waals surface area contributed by atoms with E-state index in [9.17, 15) is 0 Å². The van der Waals surface area contributed by atoms with Crippen molar-refractivity contribution in [2.45, 2.75) is 48.3 Å². The summed E-state index contributed by atoms with van der Waals surface area (Å²) in [5, 5.41) is 0. The van der Waals surface area contributed by atoms with E-state index < -0.39 is 0 Å². The van der Waals surface area contributed by atoms with Crippen molar-refractivity contribution in [3.8, 4) is 0 Å². The fourth-order valence-electron chi connectivity index (χ4n) is 4.02. The molecule has 2 aliphatic rings. The lowest BCUT2D eigenvalue weighted by molar-refractivity contribution is 0.327. The van der Waals surface area contributed by atoms with Gasteiger partial charge in [0, 0.05) is 15.7 Å². The maximum atomic E-state index is 2.64. The van der Waals surface area contributed by atoms with Gasteiger partial charge in [0.25, 0.3) is 0 Å². The molecule has 0 aromatic heterocycles. The molecule has 0 N–H and O–H groups in total. The topological polar surface area (TPSA) is 3.24 Å². The first-order valence-electron chi connectivity index (χ1n) is 8.91. The molecular formula is C21H25NS. The van der Waals surface area contributed by atoms with Crippen LogP contribution in [0.2, 0.25) is 0 Å². The molecular weight excluding hydrogens is 298 g/mol. The largest absolute Gasteiger partial charge is 0.303 e. The summed E-state index contributed by atoms with van der Waals surface area (Å²) in [6.45, 7) is 6.11. The zero-order valence-corrected chi connectivity index (χ0v) is 14.7. The van der Waals surface area contributed by atoms with E-state index in [4.69, 9.17) is 0 Å². The molecule has 4 rings (SSSR count). The molecule has 2 aliphatic heterocycles. The third-order valence-corrected chi connectivity index (χ3v) is 6.40. The summed E-state index contributed by atoms with van der Waals surface area (Å²) in [6.07, 6.45) is 5.36. The third kappa shape index (κ3) is 3.20. The molecule has 0 saturated carbocycles. The normalized spacial score (nSPS) is 20.3. The van der Waals surface area contributed by atoms with Crippen molar-refractivity contribution in [2.75, 3.05) is 19.6 Å². The second kappa shape index (κ2) is 6.70. The molecule has 0 aliphatic carbocycles. The van der Waals surface area contributed by atoms with E-state index in [1.165, 1.54) is 66.2 Å². The average Bonchev–Trinajstić information content (AvgIpc) is 3.08. The lowest BCUT2D eigenvalue weighted by Gasteiger charge is -2.29. The summed E-state index contributed by atoms with van der Waals surface area (Å²) < 4.78 is 0. The van der Waals surface area contributed by atoms with E-state index in [2.05, 4.69) is 54.3 Å². The Hall–Kier alpha value is -1.25. The smallest absolute Gasteiger partial charge is 0.0160 e. The van der Waals surface area contributed by atoms with Gasteiger partial charge in [-0.2, -0.15) is 0 Å². The molecule has 1 atom stereocenters. The van der Waals surface area contributed by atoms with Crippen LogP contribution in [-0.2, 0) is 0 Å². The number of fused-ring (bicyclic) bond motifs is 2. The van der Waals surface area contributed by atoms with Crippen LogP contribution < -0.4 is 0 Å². The maximum Gasteiger partial charge on any atom is 0.0160 e. The quantitative estimate of drug-likeness (QED) is 0.734. The summed E-state index contributed by atoms with van der Waals surface area (Å²) in [7, 11) is 0. The molecule has 1 nitrogen and oxygen atoms in total. The van der Waals surface area contributed by atoms with Crippen LogP contribution in [0.5, 0.6) is 0 Å². The number of nitrogens with zero attached hydrogens (tertiary/aromatic N) is 1. The van der Waals surface area contributed by atoms with E-state index in [0.29, 0.717) is 5.92 Å². The van der Waals surface area contributed by atoms with Gasteiger partial charge in [-0.1, -0.05) is 47.7 Å². The van der Waals surface area contributed by atoms with E-state index in [1.54, 1.807) is 5.56 Å². The van der Waals surface area contributed by atoms with E-state index in [0.717, 1.165) is 0 Å². The average molecular weight is 324 g/mol. The monoisotopic (exact) mass is 323 g/mol. The van der Waals surface area contributed by atoms with Gasteiger partial charge in [-0.25, -0.2) is 0 Å². The molecule has 1 fully saturated rings. The first-order valence-corrected chi connectivity index (χ1v) is 9.72. The Balaban J connectivity index is 1.57. The number of hydrogen-bond acceptors (Lipinski definition) is 2. The van der Waals surface area contributed by atoms with Gasteiger partial charge in [0.05, 0.1) is 0 Å². The van der Waals surface area contributed by atoms with Gasteiger partial charge in [0.2, 0.25) is 0 Å². The Morgan fingerprint density at radius 1 is 1.00 bits per heavy atom. The summed E-state index contributed by atoms with van der Waals surface area (Å²) >= 11 is 1.94. The highest BCUT2D eigenvalue weighted by molar-refractivity contribution is 7.99. The summed E-state index contributed by atoms with van der Waals surface area (Å²) in [4.78, 5) is 5.55. The van der Waals surface area contributed by atoms with Crippen LogP contribution >= 0.6 is 11.8 Å². The molecule has 2 aromatic carbocycles. The van der Waals surface area contributed by atoms with Gasteiger partial charge >= 0.3 is 0 Å². The minimum atomic E-state index is 0.574. The van der Waals surface area contributed by atoms with Gasteiger partial charge in [-0.3, -0.25) is 0 Å². The van der Waals surface area contributed by atoms with Gasteiger partial charge in [-0.15, -0.1) is 0 Å². The highest BCUT2D eigenvalue weighted by Crippen LogP contribution is 2.47. The van der Waals surface area contributed by atoms with Crippen LogP contribution in [0.3, 0.4) is 0 Å². The Labute approximate surface area is 144 Å². The Morgan fingerprint density at radius 3 is 2.65 bits per heavy atom. The molecule has 2 heterocycles. The van der Waals surface area contributed by atoms with Crippen LogP contribution in [0.4, 0.5) is 0 Å². The fourth-order valence-corrected chi connectivity index (χ4v) is 5.18. The second-order valence-electron chi connectivity index (χ2n) is 6.92. The number of benzene rings is 2. The minimum Gasteiger partial charge on any atom is -0.303 e.